The van der Waals surface area contributed by atoms with Crippen molar-refractivity contribution in [2.75, 3.05) is 29.6 Å². The topological polar surface area (TPSA) is 135 Å². The third kappa shape index (κ3) is 4.77. The minimum atomic E-state index is -1.18. The van der Waals surface area contributed by atoms with Gasteiger partial charge in [0.05, 0.1) is 40.7 Å². The number of carbonyl (C=O) groups excluding carboxylic acids is 1. The Morgan fingerprint density at radius 3 is 2.71 bits per heavy atom. The Hall–Kier alpha value is -3.35. The molecule has 1 fully saturated rings. The molecule has 1 aliphatic heterocycles. The van der Waals surface area contributed by atoms with Gasteiger partial charge in [0.2, 0.25) is 0 Å². The number of anilines is 2. The number of piperidine rings is 1. The minimum Gasteiger partial charge on any atom is -0.371 e. The van der Waals surface area contributed by atoms with Crippen molar-refractivity contribution in [2.45, 2.75) is 32.4 Å². The van der Waals surface area contributed by atoms with E-state index in [1.54, 1.807) is 17.1 Å². The lowest BCUT2D eigenvalue weighted by Gasteiger charge is -2.32. The molecule has 0 bridgehead atoms. The fourth-order valence-electron chi connectivity index (χ4n) is 4.54. The number of hydrogen-bond acceptors (Lipinski definition) is 7. The minimum absolute atomic E-state index is 0.241. The summed E-state index contributed by atoms with van der Waals surface area (Å²) < 4.78 is 17.9. The Bertz CT molecular complexity index is 1440. The van der Waals surface area contributed by atoms with Gasteiger partial charge in [-0.25, -0.2) is 13.9 Å². The molecule has 11 nitrogen and oxygen atoms in total. The molecule has 4 aromatic rings. The molecule has 1 amide bonds. The molecule has 1 atom stereocenters. The van der Waals surface area contributed by atoms with Gasteiger partial charge in [0.1, 0.15) is 5.52 Å². The summed E-state index contributed by atoms with van der Waals surface area (Å²) in [6.45, 7) is 3.94. The van der Waals surface area contributed by atoms with Crippen molar-refractivity contribution >= 4 is 44.9 Å². The van der Waals surface area contributed by atoms with Crippen molar-refractivity contribution in [3.05, 3.63) is 47.7 Å². The Balaban J connectivity index is 1.44. The lowest BCUT2D eigenvalue weighted by Crippen LogP contribution is -2.39. The number of amides is 1. The van der Waals surface area contributed by atoms with E-state index in [9.17, 15) is 9.00 Å². The van der Waals surface area contributed by atoms with Gasteiger partial charge in [-0.2, -0.15) is 5.10 Å². The second kappa shape index (κ2) is 9.36. The summed E-state index contributed by atoms with van der Waals surface area (Å²) in [5.41, 5.74) is 10.3. The van der Waals surface area contributed by atoms with Gasteiger partial charge >= 0.3 is 0 Å². The van der Waals surface area contributed by atoms with E-state index in [1.807, 2.05) is 42.9 Å². The number of rotatable bonds is 6. The Morgan fingerprint density at radius 1 is 1.20 bits per heavy atom. The monoisotopic (exact) mass is 495 g/mol. The molecule has 0 aliphatic carbocycles. The van der Waals surface area contributed by atoms with Gasteiger partial charge in [-0.1, -0.05) is 0 Å². The SMILES string of the molecule is Cc1cn2cc(NC(=O)c3ccc(N4CCC(N)CC4)c4cn(C)nc34)nc2c(CNS(C)=O)n1. The molecule has 35 heavy (non-hydrogen) atoms. The zero-order valence-electron chi connectivity index (χ0n) is 20.0. The van der Waals surface area contributed by atoms with E-state index in [0.717, 1.165) is 42.7 Å². The summed E-state index contributed by atoms with van der Waals surface area (Å²) in [5, 5.41) is 8.43. The largest absolute Gasteiger partial charge is 0.371 e. The second-order valence-electron chi connectivity index (χ2n) is 8.94. The Labute approximate surface area is 205 Å². The van der Waals surface area contributed by atoms with Crippen LogP contribution in [0.5, 0.6) is 0 Å². The van der Waals surface area contributed by atoms with Crippen molar-refractivity contribution in [3.63, 3.8) is 0 Å². The normalized spacial score (nSPS) is 15.7. The van der Waals surface area contributed by atoms with Gasteiger partial charge in [-0.05, 0) is 31.9 Å². The number of aromatic nitrogens is 5. The lowest BCUT2D eigenvalue weighted by molar-refractivity contribution is 0.102. The van der Waals surface area contributed by atoms with Crippen LogP contribution < -0.4 is 20.7 Å². The quantitative estimate of drug-likeness (QED) is 0.369. The van der Waals surface area contributed by atoms with E-state index in [1.165, 1.54) is 0 Å². The van der Waals surface area contributed by atoms with E-state index in [4.69, 9.17) is 5.73 Å². The van der Waals surface area contributed by atoms with Gasteiger partial charge in [-0.15, -0.1) is 0 Å². The first-order valence-corrected chi connectivity index (χ1v) is 13.0. The van der Waals surface area contributed by atoms with E-state index in [2.05, 4.69) is 30.0 Å². The van der Waals surface area contributed by atoms with Crippen LogP contribution in [0, 0.1) is 6.92 Å². The van der Waals surface area contributed by atoms with E-state index < -0.39 is 11.0 Å². The molecule has 12 heteroatoms. The summed E-state index contributed by atoms with van der Waals surface area (Å²) in [6, 6.07) is 4.05. The van der Waals surface area contributed by atoms with Crippen LogP contribution in [0.15, 0.2) is 30.7 Å². The van der Waals surface area contributed by atoms with Gasteiger partial charge in [0, 0.05) is 55.9 Å². The fourth-order valence-corrected chi connectivity index (χ4v) is 4.88. The summed E-state index contributed by atoms with van der Waals surface area (Å²) in [6.07, 6.45) is 8.98. The highest BCUT2D eigenvalue weighted by Gasteiger charge is 2.22. The molecule has 3 aromatic heterocycles. The predicted octanol–water partition coefficient (Wildman–Crippen LogP) is 1.49. The molecular formula is C23H29N9O2S. The van der Waals surface area contributed by atoms with Gasteiger partial charge in [0.25, 0.3) is 5.91 Å². The maximum absolute atomic E-state index is 13.3. The zero-order valence-corrected chi connectivity index (χ0v) is 20.8. The van der Waals surface area contributed by atoms with Crippen molar-refractivity contribution in [2.24, 2.45) is 12.8 Å². The second-order valence-corrected chi connectivity index (χ2v) is 10.1. The highest BCUT2D eigenvalue weighted by atomic mass is 32.2. The fraction of sp³-hybridized carbons (Fsp3) is 0.391. The van der Waals surface area contributed by atoms with Crippen LogP contribution in [0.1, 0.15) is 34.6 Å². The Kier molecular flexibility index (Phi) is 6.26. The molecule has 4 N–H and O–H groups in total. The molecule has 184 valence electrons. The lowest BCUT2D eigenvalue weighted by atomic mass is 10.0. The van der Waals surface area contributed by atoms with Crippen molar-refractivity contribution in [1.82, 2.24) is 28.9 Å². The molecule has 0 spiro atoms. The molecule has 5 rings (SSSR count). The molecule has 1 aromatic carbocycles. The molecule has 1 saturated heterocycles. The standard InChI is InChI=1S/C23H29N9O2S/c1-14-11-32-13-20(27-22(32)18(26-14)10-25-35(3)34)28-23(33)16-4-5-19(17-12-30(2)29-21(16)17)31-8-6-15(24)7-9-31/h4-5,11-13,15,25H,6-10,24H2,1-3H3,(H,28,33). The summed E-state index contributed by atoms with van der Waals surface area (Å²) in [7, 11) is 0.679. The number of imidazole rings is 1. The number of nitrogens with one attached hydrogen (secondary N) is 2. The molecule has 4 heterocycles. The van der Waals surface area contributed by atoms with E-state index in [0.29, 0.717) is 34.8 Å². The number of aryl methyl sites for hydroxylation is 2. The highest BCUT2D eigenvalue weighted by molar-refractivity contribution is 7.82. The highest BCUT2D eigenvalue weighted by Crippen LogP contribution is 2.31. The number of benzene rings is 1. The average Bonchev–Trinajstić information content (AvgIpc) is 3.39. The van der Waals surface area contributed by atoms with Crippen LogP contribution in [-0.4, -0.2) is 59.7 Å². The predicted molar refractivity (Wildman–Crippen MR) is 137 cm³/mol. The van der Waals surface area contributed by atoms with Crippen LogP contribution in [0.4, 0.5) is 11.5 Å². The maximum atomic E-state index is 13.3. The Morgan fingerprint density at radius 2 is 1.97 bits per heavy atom. The number of nitrogens with zero attached hydrogens (tertiary/aromatic N) is 6. The van der Waals surface area contributed by atoms with Crippen molar-refractivity contribution in [3.8, 4) is 0 Å². The van der Waals surface area contributed by atoms with Crippen LogP contribution in [0.25, 0.3) is 16.6 Å². The van der Waals surface area contributed by atoms with E-state index >= 15 is 0 Å². The van der Waals surface area contributed by atoms with Crippen molar-refractivity contribution < 1.29 is 9.00 Å². The number of nitrogens with two attached hydrogens (primary N) is 1. The first-order valence-electron chi connectivity index (χ1n) is 11.5. The third-order valence-electron chi connectivity index (χ3n) is 6.20. The summed E-state index contributed by atoms with van der Waals surface area (Å²) in [4.78, 5) is 24.7. The average molecular weight is 496 g/mol. The van der Waals surface area contributed by atoms with Crippen molar-refractivity contribution in [1.29, 1.82) is 0 Å². The van der Waals surface area contributed by atoms with Gasteiger partial charge < -0.3 is 20.4 Å². The van der Waals surface area contributed by atoms with Crippen LogP contribution in [-0.2, 0) is 24.6 Å². The molecule has 1 unspecified atom stereocenters. The first-order chi connectivity index (χ1) is 16.8. The molecule has 1 aliphatic rings. The molecular weight excluding hydrogens is 466 g/mol. The smallest absolute Gasteiger partial charge is 0.259 e. The van der Waals surface area contributed by atoms with Crippen LogP contribution in [0.3, 0.4) is 0 Å². The van der Waals surface area contributed by atoms with Crippen LogP contribution >= 0.6 is 0 Å². The third-order valence-corrected chi connectivity index (χ3v) is 6.76. The van der Waals surface area contributed by atoms with Gasteiger partial charge in [0.15, 0.2) is 11.5 Å². The molecule has 0 radical (unpaired) electrons. The number of carbonyl (C=O) groups is 1. The summed E-state index contributed by atoms with van der Waals surface area (Å²) in [5.74, 6) is 0.114. The summed E-state index contributed by atoms with van der Waals surface area (Å²) >= 11 is 0. The van der Waals surface area contributed by atoms with Gasteiger partial charge in [-0.3, -0.25) is 14.5 Å². The first kappa shape index (κ1) is 23.4. The zero-order chi connectivity index (χ0) is 24.7. The number of fused-ring (bicyclic) bond motifs is 2. The van der Waals surface area contributed by atoms with Crippen LogP contribution in [0.2, 0.25) is 0 Å². The molecule has 0 saturated carbocycles. The number of hydrogen-bond donors (Lipinski definition) is 3. The maximum Gasteiger partial charge on any atom is 0.259 e. The van der Waals surface area contributed by atoms with E-state index in [-0.39, 0.29) is 11.9 Å².